The number of imide groups is 1. The van der Waals surface area contributed by atoms with Crippen LogP contribution in [0.25, 0.3) is 0 Å². The third kappa shape index (κ3) is 1.03. The van der Waals surface area contributed by atoms with Gasteiger partial charge in [0.05, 0.1) is 6.42 Å². The predicted molar refractivity (Wildman–Crippen MR) is 34.2 cm³/mol. The first-order valence-corrected chi connectivity index (χ1v) is 2.77. The summed E-state index contributed by atoms with van der Waals surface area (Å²) in [7, 11) is 0. The number of nitrogens with two attached hydrogens (primary N) is 1. The van der Waals surface area contributed by atoms with Gasteiger partial charge in [0.25, 0.3) is 5.91 Å². The van der Waals surface area contributed by atoms with E-state index < -0.39 is 11.9 Å². The molecule has 0 spiro atoms. The van der Waals surface area contributed by atoms with Gasteiger partial charge in [-0.2, -0.15) is 5.01 Å². The Morgan fingerprint density at radius 3 is 2.70 bits per heavy atom. The molecular formula is C5H7N3O2. The van der Waals surface area contributed by atoms with Gasteiger partial charge in [0.15, 0.2) is 0 Å². The maximum Gasteiger partial charge on any atom is 0.364 e. The number of aliphatic imine (C=N–C) groups is 1. The van der Waals surface area contributed by atoms with Crippen LogP contribution in [0.15, 0.2) is 4.99 Å². The fourth-order valence-corrected chi connectivity index (χ4v) is 0.667. The van der Waals surface area contributed by atoms with Gasteiger partial charge < -0.3 is 0 Å². The summed E-state index contributed by atoms with van der Waals surface area (Å²) in [6.07, 6.45) is 0.141. The first-order chi connectivity index (χ1) is 4.61. The van der Waals surface area contributed by atoms with E-state index in [0.717, 1.165) is 0 Å². The molecule has 0 radical (unpaired) electrons. The summed E-state index contributed by atoms with van der Waals surface area (Å²) in [5.74, 6) is 4.61. The minimum absolute atomic E-state index is 0.141. The summed E-state index contributed by atoms with van der Waals surface area (Å²) < 4.78 is 0. The maximum absolute atomic E-state index is 10.7. The molecule has 0 aromatic carbocycles. The van der Waals surface area contributed by atoms with Crippen molar-refractivity contribution in [2.45, 2.75) is 13.3 Å². The molecule has 2 N–H and O–H groups in total. The topological polar surface area (TPSA) is 75.8 Å². The van der Waals surface area contributed by atoms with Gasteiger partial charge in [-0.3, -0.25) is 4.79 Å². The van der Waals surface area contributed by atoms with E-state index in [9.17, 15) is 9.59 Å². The number of urea groups is 1. The van der Waals surface area contributed by atoms with Crippen LogP contribution >= 0.6 is 0 Å². The second-order valence-corrected chi connectivity index (χ2v) is 2.07. The molecule has 0 saturated carbocycles. The van der Waals surface area contributed by atoms with E-state index >= 15 is 0 Å². The third-order valence-electron chi connectivity index (χ3n) is 1.17. The van der Waals surface area contributed by atoms with Crippen LogP contribution in [0.2, 0.25) is 0 Å². The van der Waals surface area contributed by atoms with Crippen LogP contribution in [0.4, 0.5) is 4.79 Å². The molecule has 1 aliphatic rings. The van der Waals surface area contributed by atoms with Gasteiger partial charge in [0.2, 0.25) is 0 Å². The van der Waals surface area contributed by atoms with Crippen LogP contribution in [-0.2, 0) is 4.79 Å². The molecule has 10 heavy (non-hydrogen) atoms. The largest absolute Gasteiger partial charge is 0.364 e. The van der Waals surface area contributed by atoms with Crippen LogP contribution in [0, 0.1) is 0 Å². The summed E-state index contributed by atoms with van der Waals surface area (Å²) in [6.45, 7) is 1.61. The van der Waals surface area contributed by atoms with Crippen molar-refractivity contribution in [2.75, 3.05) is 0 Å². The highest BCUT2D eigenvalue weighted by Crippen LogP contribution is 2.01. The van der Waals surface area contributed by atoms with Crippen LogP contribution in [0.5, 0.6) is 0 Å². The Morgan fingerprint density at radius 2 is 2.20 bits per heavy atom. The molecule has 0 fully saturated rings. The molecule has 1 rings (SSSR count). The van der Waals surface area contributed by atoms with E-state index in [2.05, 4.69) is 4.99 Å². The van der Waals surface area contributed by atoms with Crippen LogP contribution in [0.1, 0.15) is 13.3 Å². The lowest BCUT2D eigenvalue weighted by Crippen LogP contribution is -2.44. The third-order valence-corrected chi connectivity index (χ3v) is 1.17. The van der Waals surface area contributed by atoms with Gasteiger partial charge in [-0.1, -0.05) is 0 Å². The molecule has 0 atom stereocenters. The summed E-state index contributed by atoms with van der Waals surface area (Å²) in [5, 5.41) is 0.521. The first-order valence-electron chi connectivity index (χ1n) is 2.77. The fraction of sp³-hybridized carbons (Fsp3) is 0.400. The molecular weight excluding hydrogens is 134 g/mol. The number of amides is 3. The second-order valence-electron chi connectivity index (χ2n) is 2.07. The zero-order valence-electron chi connectivity index (χ0n) is 5.50. The van der Waals surface area contributed by atoms with E-state index in [1.807, 2.05) is 0 Å². The average Bonchev–Trinajstić information content (AvgIpc) is 1.82. The zero-order valence-corrected chi connectivity index (χ0v) is 5.50. The quantitative estimate of drug-likeness (QED) is 0.371. The zero-order chi connectivity index (χ0) is 7.72. The predicted octanol–water partition coefficient (Wildman–Crippen LogP) is -0.327. The summed E-state index contributed by atoms with van der Waals surface area (Å²) >= 11 is 0. The average molecular weight is 141 g/mol. The molecule has 0 aliphatic carbocycles. The highest BCUT2D eigenvalue weighted by Gasteiger charge is 2.22. The van der Waals surface area contributed by atoms with Crippen LogP contribution < -0.4 is 5.84 Å². The van der Waals surface area contributed by atoms with E-state index in [0.29, 0.717) is 10.7 Å². The lowest BCUT2D eigenvalue weighted by Gasteiger charge is -2.15. The van der Waals surface area contributed by atoms with Crippen molar-refractivity contribution < 1.29 is 9.59 Å². The Kier molecular flexibility index (Phi) is 1.50. The molecule has 1 heterocycles. The highest BCUT2D eigenvalue weighted by molar-refractivity contribution is 6.13. The smallest absolute Gasteiger partial charge is 0.272 e. The second kappa shape index (κ2) is 2.18. The lowest BCUT2D eigenvalue weighted by molar-refractivity contribution is -0.127. The molecule has 0 saturated heterocycles. The molecule has 1 aliphatic heterocycles. The monoisotopic (exact) mass is 141 g/mol. The van der Waals surface area contributed by atoms with Crippen molar-refractivity contribution in [1.29, 1.82) is 0 Å². The van der Waals surface area contributed by atoms with Crippen molar-refractivity contribution in [3.8, 4) is 0 Å². The number of nitrogens with zero attached hydrogens (tertiary/aromatic N) is 2. The van der Waals surface area contributed by atoms with Crippen molar-refractivity contribution >= 4 is 17.6 Å². The van der Waals surface area contributed by atoms with E-state index in [1.165, 1.54) is 0 Å². The summed E-state index contributed by atoms with van der Waals surface area (Å²) in [5.41, 5.74) is 0.511. The Hall–Kier alpha value is -1.23. The Bertz CT molecular complexity index is 221. The van der Waals surface area contributed by atoms with Gasteiger partial charge in [-0.15, -0.1) is 0 Å². The van der Waals surface area contributed by atoms with Gasteiger partial charge in [0.1, 0.15) is 0 Å². The van der Waals surface area contributed by atoms with Gasteiger partial charge >= 0.3 is 6.03 Å². The molecule has 3 amide bonds. The molecule has 0 unspecified atom stereocenters. The highest BCUT2D eigenvalue weighted by atomic mass is 16.2. The first kappa shape index (κ1) is 6.88. The SMILES string of the molecule is CC1=NC(=O)N(N)C(=O)C1. The van der Waals surface area contributed by atoms with Crippen molar-refractivity contribution in [3.05, 3.63) is 0 Å². The van der Waals surface area contributed by atoms with Crippen LogP contribution in [-0.4, -0.2) is 22.7 Å². The van der Waals surface area contributed by atoms with Crippen molar-refractivity contribution in [2.24, 2.45) is 10.8 Å². The summed E-state index contributed by atoms with van der Waals surface area (Å²) in [4.78, 5) is 24.8. The Labute approximate surface area is 57.5 Å². The van der Waals surface area contributed by atoms with E-state index in [-0.39, 0.29) is 6.42 Å². The lowest BCUT2D eigenvalue weighted by atomic mass is 10.2. The molecule has 5 heteroatoms. The maximum atomic E-state index is 10.7. The number of hydrogen-bond donors (Lipinski definition) is 1. The van der Waals surface area contributed by atoms with E-state index in [1.54, 1.807) is 6.92 Å². The molecule has 0 bridgehead atoms. The molecule has 5 nitrogen and oxygen atoms in total. The van der Waals surface area contributed by atoms with E-state index in [4.69, 9.17) is 5.84 Å². The number of carbonyl (C=O) groups is 2. The minimum Gasteiger partial charge on any atom is -0.272 e. The van der Waals surface area contributed by atoms with Gasteiger partial charge in [0, 0.05) is 5.71 Å². The number of hydrogen-bond acceptors (Lipinski definition) is 3. The van der Waals surface area contributed by atoms with Gasteiger partial charge in [-0.25, -0.2) is 15.6 Å². The number of hydrazine groups is 1. The number of carbonyl (C=O) groups excluding carboxylic acids is 2. The van der Waals surface area contributed by atoms with Crippen molar-refractivity contribution in [3.63, 3.8) is 0 Å². The van der Waals surface area contributed by atoms with Crippen molar-refractivity contribution in [1.82, 2.24) is 5.01 Å². The summed E-state index contributed by atoms with van der Waals surface area (Å²) in [6, 6.07) is -0.686. The van der Waals surface area contributed by atoms with Gasteiger partial charge in [-0.05, 0) is 6.92 Å². The molecule has 54 valence electrons. The standard InChI is InChI=1S/C5H7N3O2/c1-3-2-4(9)8(6)5(10)7-3/h2,6H2,1H3. The molecule has 0 aromatic heterocycles. The minimum atomic E-state index is -0.686. The van der Waals surface area contributed by atoms with Crippen LogP contribution in [0.3, 0.4) is 0 Å². The number of rotatable bonds is 0. The fourth-order valence-electron chi connectivity index (χ4n) is 0.667. The Balaban J connectivity index is 2.89. The normalized spacial score (nSPS) is 19.4. The Morgan fingerprint density at radius 1 is 1.60 bits per heavy atom. The molecule has 0 aromatic rings.